The van der Waals surface area contributed by atoms with E-state index in [1.807, 2.05) is 0 Å². The van der Waals surface area contributed by atoms with E-state index in [9.17, 15) is 0 Å². The van der Waals surface area contributed by atoms with Gasteiger partial charge < -0.3 is 13.6 Å². The summed E-state index contributed by atoms with van der Waals surface area (Å²) in [6, 6.07) is 19.4. The second kappa shape index (κ2) is 15.0. The molecular weight excluding hydrogens is 475 g/mol. The summed E-state index contributed by atoms with van der Waals surface area (Å²) >= 11 is 0. The van der Waals surface area contributed by atoms with Crippen LogP contribution in [-0.2, 0) is 19.3 Å². The summed E-state index contributed by atoms with van der Waals surface area (Å²) < 4.78 is 20.0. The number of aryl methyl sites for hydroxylation is 6. The molecule has 0 amide bonds. The van der Waals surface area contributed by atoms with Crippen molar-refractivity contribution in [3.8, 4) is 17.2 Å². The van der Waals surface area contributed by atoms with Gasteiger partial charge in [0.1, 0.15) is 17.2 Å². The van der Waals surface area contributed by atoms with Gasteiger partial charge in [-0.3, -0.25) is 0 Å². The normalized spacial score (nSPS) is 11.1. The maximum atomic E-state index is 6.65. The van der Waals surface area contributed by atoms with Crippen LogP contribution in [0.1, 0.15) is 92.7 Å². The Morgan fingerprint density at radius 3 is 1.05 bits per heavy atom. The van der Waals surface area contributed by atoms with Crippen molar-refractivity contribution < 1.29 is 13.6 Å². The fourth-order valence-corrected chi connectivity index (χ4v) is 5.36. The Morgan fingerprint density at radius 2 is 0.784 bits per heavy atom. The summed E-state index contributed by atoms with van der Waals surface area (Å²) in [7, 11) is -1.72. The molecule has 0 bridgehead atoms. The molecule has 0 N–H and O–H groups in total. The zero-order valence-electron chi connectivity index (χ0n) is 23.7. The third kappa shape index (κ3) is 9.08. The van der Waals surface area contributed by atoms with Gasteiger partial charge in [0.2, 0.25) is 0 Å². The van der Waals surface area contributed by atoms with Crippen molar-refractivity contribution in [1.29, 1.82) is 0 Å². The second-order valence-corrected chi connectivity index (χ2v) is 11.1. The Labute approximate surface area is 226 Å². The molecule has 3 aromatic carbocycles. The van der Waals surface area contributed by atoms with Crippen molar-refractivity contribution in [1.82, 2.24) is 0 Å². The van der Waals surface area contributed by atoms with Crippen LogP contribution in [0, 0.1) is 20.8 Å². The number of rotatable bonds is 15. The van der Waals surface area contributed by atoms with E-state index in [2.05, 4.69) is 96.1 Å². The monoisotopic (exact) mass is 520 g/mol. The fraction of sp³-hybridized carbons (Fsp3) is 0.455. The minimum atomic E-state index is -1.72. The Kier molecular flexibility index (Phi) is 11.8. The van der Waals surface area contributed by atoms with Crippen molar-refractivity contribution in [2.45, 2.75) is 99.3 Å². The first kappa shape index (κ1) is 29.1. The molecule has 3 aromatic rings. The molecule has 0 saturated carbocycles. The predicted octanol–water partition coefficient (Wildman–Crippen LogP) is 10.4. The number of hydrogen-bond donors (Lipinski definition) is 0. The molecule has 0 heterocycles. The SMILES string of the molecule is CCCCc1ccc(C)cc1OP(Oc1cc(C)ccc1CCCC)Oc1cc(C)ccc1CCCC. The maximum Gasteiger partial charge on any atom is 0.530 e. The third-order valence-corrected chi connectivity index (χ3v) is 7.62. The van der Waals surface area contributed by atoms with E-state index >= 15 is 0 Å². The first-order chi connectivity index (χ1) is 17.9. The highest BCUT2D eigenvalue weighted by Crippen LogP contribution is 2.46. The van der Waals surface area contributed by atoms with E-state index in [4.69, 9.17) is 13.6 Å². The molecule has 0 aromatic heterocycles. The number of unbranched alkanes of at least 4 members (excludes halogenated alkanes) is 3. The highest BCUT2D eigenvalue weighted by atomic mass is 31.2. The number of benzene rings is 3. The molecule has 0 saturated heterocycles. The Bertz CT molecular complexity index is 983. The van der Waals surface area contributed by atoms with E-state index in [1.54, 1.807) is 0 Å². The summed E-state index contributed by atoms with van der Waals surface area (Å²) in [5, 5.41) is 0. The van der Waals surface area contributed by atoms with Crippen molar-refractivity contribution in [2.24, 2.45) is 0 Å². The highest BCUT2D eigenvalue weighted by Gasteiger charge is 2.24. The maximum absolute atomic E-state index is 6.65. The predicted molar refractivity (Wildman–Crippen MR) is 158 cm³/mol. The van der Waals surface area contributed by atoms with Crippen LogP contribution in [0.3, 0.4) is 0 Å². The van der Waals surface area contributed by atoms with E-state index in [1.165, 1.54) is 33.4 Å². The van der Waals surface area contributed by atoms with Crippen molar-refractivity contribution in [2.75, 3.05) is 0 Å². The van der Waals surface area contributed by atoms with Gasteiger partial charge >= 0.3 is 8.60 Å². The summed E-state index contributed by atoms with van der Waals surface area (Å²) in [4.78, 5) is 0. The lowest BCUT2D eigenvalue weighted by Gasteiger charge is -2.23. The molecule has 0 aliphatic heterocycles. The fourth-order valence-electron chi connectivity index (χ4n) is 4.26. The van der Waals surface area contributed by atoms with Crippen LogP contribution in [0.2, 0.25) is 0 Å². The van der Waals surface area contributed by atoms with Gasteiger partial charge in [-0.1, -0.05) is 76.4 Å². The molecule has 4 heteroatoms. The first-order valence-corrected chi connectivity index (χ1v) is 15.2. The summed E-state index contributed by atoms with van der Waals surface area (Å²) in [6.07, 6.45) is 9.73. The lowest BCUT2D eigenvalue weighted by atomic mass is 10.1. The lowest BCUT2D eigenvalue weighted by Crippen LogP contribution is -2.07. The van der Waals surface area contributed by atoms with E-state index in [0.717, 1.165) is 75.0 Å². The summed E-state index contributed by atoms with van der Waals surface area (Å²) in [6.45, 7) is 13.0. The molecule has 0 aliphatic rings. The third-order valence-electron chi connectivity index (χ3n) is 6.59. The Balaban J connectivity index is 1.99. The van der Waals surface area contributed by atoms with Gasteiger partial charge in [0.15, 0.2) is 0 Å². The lowest BCUT2D eigenvalue weighted by molar-refractivity contribution is 0.382. The summed E-state index contributed by atoms with van der Waals surface area (Å²) in [5.41, 5.74) is 7.13. The second-order valence-electron chi connectivity index (χ2n) is 10.1. The Hall–Kier alpha value is -2.51. The molecule has 0 unspecified atom stereocenters. The average Bonchev–Trinajstić information content (AvgIpc) is 2.87. The largest absolute Gasteiger partial charge is 0.530 e. The molecule has 0 atom stereocenters. The minimum Gasteiger partial charge on any atom is -0.408 e. The summed E-state index contributed by atoms with van der Waals surface area (Å²) in [5.74, 6) is 2.60. The van der Waals surface area contributed by atoms with Gasteiger partial charge in [-0.15, -0.1) is 0 Å². The average molecular weight is 521 g/mol. The standard InChI is InChI=1S/C33H45O3P/c1-7-10-13-28-19-16-25(4)22-31(28)34-37(35-32-23-26(5)17-20-29(32)14-11-8-2)36-33-24-27(6)18-21-30(33)15-12-9-3/h16-24H,7-15H2,1-6H3. The highest BCUT2D eigenvalue weighted by molar-refractivity contribution is 7.43. The molecule has 0 radical (unpaired) electrons. The van der Waals surface area contributed by atoms with Crippen LogP contribution in [-0.4, -0.2) is 0 Å². The van der Waals surface area contributed by atoms with E-state index in [0.29, 0.717) is 0 Å². The quantitative estimate of drug-likeness (QED) is 0.187. The van der Waals surface area contributed by atoms with Gasteiger partial charge in [0, 0.05) is 0 Å². The molecule has 3 nitrogen and oxygen atoms in total. The van der Waals surface area contributed by atoms with E-state index < -0.39 is 8.60 Å². The molecule has 0 fully saturated rings. The van der Waals surface area contributed by atoms with Crippen LogP contribution in [0.25, 0.3) is 0 Å². The van der Waals surface area contributed by atoms with Crippen LogP contribution >= 0.6 is 8.60 Å². The minimum absolute atomic E-state index is 0.866. The van der Waals surface area contributed by atoms with E-state index in [-0.39, 0.29) is 0 Å². The van der Waals surface area contributed by atoms with Gasteiger partial charge in [-0.2, -0.15) is 0 Å². The molecule has 200 valence electrons. The molecule has 3 rings (SSSR count). The zero-order valence-corrected chi connectivity index (χ0v) is 24.6. The van der Waals surface area contributed by atoms with Crippen LogP contribution in [0.5, 0.6) is 17.2 Å². The smallest absolute Gasteiger partial charge is 0.408 e. The van der Waals surface area contributed by atoms with Gasteiger partial charge in [-0.05, 0) is 111 Å². The van der Waals surface area contributed by atoms with Crippen LogP contribution in [0.4, 0.5) is 0 Å². The zero-order chi connectivity index (χ0) is 26.6. The molecule has 0 aliphatic carbocycles. The van der Waals surface area contributed by atoms with Crippen molar-refractivity contribution in [3.05, 3.63) is 88.0 Å². The van der Waals surface area contributed by atoms with Crippen LogP contribution in [0.15, 0.2) is 54.6 Å². The molecule has 37 heavy (non-hydrogen) atoms. The number of hydrogen-bond acceptors (Lipinski definition) is 3. The van der Waals surface area contributed by atoms with Crippen molar-refractivity contribution >= 4 is 8.60 Å². The molecule has 0 spiro atoms. The van der Waals surface area contributed by atoms with Gasteiger partial charge in [0.05, 0.1) is 0 Å². The Morgan fingerprint density at radius 1 is 0.486 bits per heavy atom. The van der Waals surface area contributed by atoms with Gasteiger partial charge in [-0.25, -0.2) is 0 Å². The topological polar surface area (TPSA) is 27.7 Å². The first-order valence-electron chi connectivity index (χ1n) is 14.1. The van der Waals surface area contributed by atoms with Gasteiger partial charge in [0.25, 0.3) is 0 Å². The van der Waals surface area contributed by atoms with Crippen LogP contribution < -0.4 is 13.6 Å². The molecular formula is C33H45O3P. The van der Waals surface area contributed by atoms with Crippen molar-refractivity contribution in [3.63, 3.8) is 0 Å².